The van der Waals surface area contributed by atoms with Crippen molar-refractivity contribution in [2.24, 2.45) is 0 Å². The van der Waals surface area contributed by atoms with Gasteiger partial charge in [0.1, 0.15) is 22.0 Å². The first-order valence-corrected chi connectivity index (χ1v) is 12.2. The molecule has 0 radical (unpaired) electrons. The maximum Gasteiger partial charge on any atom is 0.174 e. The number of halogens is 1. The number of thiophene rings is 1. The Labute approximate surface area is 199 Å². The van der Waals surface area contributed by atoms with Gasteiger partial charge in [-0.05, 0) is 49.7 Å². The summed E-state index contributed by atoms with van der Waals surface area (Å²) in [7, 11) is 0. The summed E-state index contributed by atoms with van der Waals surface area (Å²) in [6.07, 6.45) is 1.55. The molecule has 0 saturated carbocycles. The lowest BCUT2D eigenvalue weighted by molar-refractivity contribution is 0.102. The number of nitrogens with zero attached hydrogens (tertiary/aromatic N) is 3. The molecule has 5 rings (SSSR count). The number of carbonyl (C=O) groups is 1. The normalized spacial score (nSPS) is 11.2. The molecule has 0 spiro atoms. The lowest BCUT2D eigenvalue weighted by Crippen LogP contribution is -2.06. The van der Waals surface area contributed by atoms with Gasteiger partial charge >= 0.3 is 0 Å². The van der Waals surface area contributed by atoms with Crippen LogP contribution in [0.25, 0.3) is 26.3 Å². The van der Waals surface area contributed by atoms with Crippen molar-refractivity contribution < 1.29 is 9.18 Å². The number of rotatable bonds is 6. The second-order valence-electron chi connectivity index (χ2n) is 7.69. The lowest BCUT2D eigenvalue weighted by Gasteiger charge is -2.10. The Morgan fingerprint density at radius 1 is 1.03 bits per heavy atom. The summed E-state index contributed by atoms with van der Waals surface area (Å²) >= 11 is 3.04. The van der Waals surface area contributed by atoms with Crippen LogP contribution in [0.15, 0.2) is 78.1 Å². The van der Waals surface area contributed by atoms with Gasteiger partial charge in [-0.2, -0.15) is 0 Å². The quantitative estimate of drug-likeness (QED) is 0.153. The van der Waals surface area contributed by atoms with Crippen molar-refractivity contribution >= 4 is 39.1 Å². The zero-order chi connectivity index (χ0) is 22.9. The number of benzene rings is 2. The van der Waals surface area contributed by atoms with Gasteiger partial charge in [0.25, 0.3) is 0 Å². The Morgan fingerprint density at radius 3 is 2.64 bits per heavy atom. The van der Waals surface area contributed by atoms with E-state index in [9.17, 15) is 9.18 Å². The van der Waals surface area contributed by atoms with Crippen molar-refractivity contribution in [1.29, 1.82) is 0 Å². The highest BCUT2D eigenvalue weighted by Gasteiger charge is 2.18. The molecule has 0 amide bonds. The van der Waals surface area contributed by atoms with Crippen molar-refractivity contribution in [2.45, 2.75) is 18.9 Å². The van der Waals surface area contributed by atoms with Crippen LogP contribution in [0.2, 0.25) is 0 Å². The van der Waals surface area contributed by atoms with E-state index in [-0.39, 0.29) is 17.4 Å². The highest BCUT2D eigenvalue weighted by Crippen LogP contribution is 2.36. The molecule has 2 aromatic carbocycles. The van der Waals surface area contributed by atoms with E-state index in [4.69, 9.17) is 0 Å². The van der Waals surface area contributed by atoms with Gasteiger partial charge in [0.15, 0.2) is 5.78 Å². The molecule has 7 heteroatoms. The summed E-state index contributed by atoms with van der Waals surface area (Å²) in [5.41, 5.74) is 4.18. The fraction of sp³-hybridized carbons (Fsp3) is 0.115. The third kappa shape index (κ3) is 4.21. The molecule has 0 unspecified atom stereocenters. The maximum atomic E-state index is 13.7. The van der Waals surface area contributed by atoms with Crippen LogP contribution >= 0.6 is 23.1 Å². The second-order valence-corrected chi connectivity index (χ2v) is 9.68. The van der Waals surface area contributed by atoms with E-state index in [0.29, 0.717) is 11.3 Å². The number of Topliss-reactive ketones (excluding diaryl/α,β-unsaturated/α-hetero) is 1. The van der Waals surface area contributed by atoms with Crippen LogP contribution in [0, 0.1) is 19.7 Å². The molecular formula is C26H20FN3OS2. The number of hydrogen-bond acceptors (Lipinski definition) is 5. The monoisotopic (exact) mass is 473 g/mol. The molecular weight excluding hydrogens is 453 g/mol. The van der Waals surface area contributed by atoms with E-state index in [1.165, 1.54) is 23.9 Å². The Hall–Kier alpha value is -3.29. The summed E-state index contributed by atoms with van der Waals surface area (Å²) < 4.78 is 15.6. The van der Waals surface area contributed by atoms with Crippen molar-refractivity contribution in [3.8, 4) is 16.1 Å². The Bertz CT molecular complexity index is 1470. The number of fused-ring (bicyclic) bond motifs is 1. The molecule has 3 heterocycles. The van der Waals surface area contributed by atoms with Gasteiger partial charge < -0.3 is 4.57 Å². The fourth-order valence-corrected chi connectivity index (χ4v) is 5.89. The minimum absolute atomic E-state index is 0.0148. The average Bonchev–Trinajstić information content (AvgIpc) is 3.39. The van der Waals surface area contributed by atoms with Crippen LogP contribution < -0.4 is 0 Å². The fourth-order valence-electron chi connectivity index (χ4n) is 3.96. The Kier molecular flexibility index (Phi) is 5.83. The van der Waals surface area contributed by atoms with Crippen LogP contribution in [0.4, 0.5) is 4.39 Å². The van der Waals surface area contributed by atoms with E-state index < -0.39 is 0 Å². The molecule has 0 fully saturated rings. The molecule has 3 aromatic heterocycles. The standard InChI is InChI=1S/C26H20FN3OS2/c1-16-11-21(17(2)30(16)20-10-6-9-19(27)12-20)23(31)14-32-25-22-13-24(18-7-4-3-5-8-18)33-26(22)29-15-28-25/h3-13,15H,14H2,1-2H3. The summed E-state index contributed by atoms with van der Waals surface area (Å²) in [4.78, 5) is 24.0. The third-order valence-corrected chi connectivity index (χ3v) is 7.59. The van der Waals surface area contributed by atoms with Gasteiger partial charge in [-0.3, -0.25) is 4.79 Å². The minimum Gasteiger partial charge on any atom is -0.318 e. The van der Waals surface area contributed by atoms with Gasteiger partial charge in [-0.25, -0.2) is 14.4 Å². The van der Waals surface area contributed by atoms with E-state index in [1.54, 1.807) is 23.7 Å². The molecule has 164 valence electrons. The molecule has 0 N–H and O–H groups in total. The minimum atomic E-state index is -0.304. The molecule has 5 aromatic rings. The second kappa shape index (κ2) is 8.92. The number of carbonyl (C=O) groups excluding carboxylic acids is 1. The zero-order valence-corrected chi connectivity index (χ0v) is 19.7. The number of thioether (sulfide) groups is 1. The topological polar surface area (TPSA) is 47.8 Å². The van der Waals surface area contributed by atoms with Gasteiger partial charge in [-0.15, -0.1) is 11.3 Å². The summed E-state index contributed by atoms with van der Waals surface area (Å²) in [6, 6.07) is 20.5. The predicted molar refractivity (Wildman–Crippen MR) is 133 cm³/mol. The molecule has 0 atom stereocenters. The van der Waals surface area contributed by atoms with E-state index in [1.807, 2.05) is 48.7 Å². The molecule has 4 nitrogen and oxygen atoms in total. The molecule has 0 aliphatic rings. The highest BCUT2D eigenvalue weighted by molar-refractivity contribution is 8.00. The third-order valence-electron chi connectivity index (χ3n) is 5.49. The number of aromatic nitrogens is 3. The maximum absolute atomic E-state index is 13.7. The number of ketones is 1. The van der Waals surface area contributed by atoms with Crippen molar-refractivity contribution in [3.05, 3.63) is 95.8 Å². The molecule has 33 heavy (non-hydrogen) atoms. The van der Waals surface area contributed by atoms with Crippen LogP contribution in [-0.2, 0) is 0 Å². The van der Waals surface area contributed by atoms with E-state index >= 15 is 0 Å². The molecule has 0 aliphatic heterocycles. The Balaban J connectivity index is 1.40. The van der Waals surface area contributed by atoms with Crippen LogP contribution in [0.5, 0.6) is 0 Å². The summed E-state index contributed by atoms with van der Waals surface area (Å²) in [5.74, 6) is -0.0290. The number of hydrogen-bond donors (Lipinski definition) is 0. The van der Waals surface area contributed by atoms with Crippen LogP contribution in [0.1, 0.15) is 21.7 Å². The SMILES string of the molecule is Cc1cc(C(=O)CSc2ncnc3sc(-c4ccccc4)cc23)c(C)n1-c1cccc(F)c1. The first-order valence-electron chi connectivity index (χ1n) is 10.4. The molecule has 0 bridgehead atoms. The summed E-state index contributed by atoms with van der Waals surface area (Å²) in [6.45, 7) is 3.82. The highest BCUT2D eigenvalue weighted by atomic mass is 32.2. The first-order chi connectivity index (χ1) is 16.0. The first kappa shape index (κ1) is 21.6. The molecule has 0 aliphatic carbocycles. The lowest BCUT2D eigenvalue weighted by atomic mass is 10.2. The van der Waals surface area contributed by atoms with E-state index in [0.717, 1.165) is 37.1 Å². The van der Waals surface area contributed by atoms with Gasteiger partial charge in [-0.1, -0.05) is 48.2 Å². The smallest absolute Gasteiger partial charge is 0.174 e. The van der Waals surface area contributed by atoms with E-state index in [2.05, 4.69) is 28.2 Å². The summed E-state index contributed by atoms with van der Waals surface area (Å²) in [5, 5.41) is 1.76. The predicted octanol–water partition coefficient (Wildman–Crippen LogP) is 6.88. The largest absolute Gasteiger partial charge is 0.318 e. The van der Waals surface area contributed by atoms with Gasteiger partial charge in [0, 0.05) is 32.9 Å². The van der Waals surface area contributed by atoms with Crippen LogP contribution in [-0.4, -0.2) is 26.1 Å². The number of aryl methyl sites for hydroxylation is 1. The van der Waals surface area contributed by atoms with Crippen LogP contribution in [0.3, 0.4) is 0 Å². The van der Waals surface area contributed by atoms with Gasteiger partial charge in [0.2, 0.25) is 0 Å². The van der Waals surface area contributed by atoms with Crippen molar-refractivity contribution in [2.75, 3.05) is 5.75 Å². The van der Waals surface area contributed by atoms with Crippen molar-refractivity contribution in [1.82, 2.24) is 14.5 Å². The molecule has 0 saturated heterocycles. The Morgan fingerprint density at radius 2 is 1.85 bits per heavy atom. The zero-order valence-electron chi connectivity index (χ0n) is 18.1. The van der Waals surface area contributed by atoms with Crippen molar-refractivity contribution in [3.63, 3.8) is 0 Å². The average molecular weight is 474 g/mol. The van der Waals surface area contributed by atoms with Gasteiger partial charge in [0.05, 0.1) is 5.75 Å².